The Labute approximate surface area is 115 Å². The molecule has 1 aliphatic rings. The summed E-state index contributed by atoms with van der Waals surface area (Å²) in [7, 11) is 0. The molecule has 2 rings (SSSR count). The molecule has 1 atom stereocenters. The van der Waals surface area contributed by atoms with E-state index in [4.69, 9.17) is 0 Å². The highest BCUT2D eigenvalue weighted by atomic mass is 16.1. The number of nitrogens with one attached hydrogen (secondary N) is 1. The molecule has 1 saturated heterocycles. The summed E-state index contributed by atoms with van der Waals surface area (Å²) in [6, 6.07) is 5.91. The Hall–Kier alpha value is -1.13. The Bertz CT molecular complexity index is 466. The van der Waals surface area contributed by atoms with Crippen molar-refractivity contribution in [3.05, 3.63) is 34.7 Å². The van der Waals surface area contributed by atoms with Gasteiger partial charge in [0.2, 0.25) is 0 Å². The topological polar surface area (TPSA) is 37.3 Å². The Kier molecular flexibility index (Phi) is 4.42. The van der Waals surface area contributed by atoms with Gasteiger partial charge in [0.25, 0.3) is 5.56 Å². The zero-order chi connectivity index (χ0) is 13.9. The van der Waals surface area contributed by atoms with Crippen LogP contribution in [0.3, 0.4) is 0 Å². The summed E-state index contributed by atoms with van der Waals surface area (Å²) >= 11 is 0. The molecule has 1 aromatic rings. The first-order valence-electron chi connectivity index (χ1n) is 7.16. The number of piperazine rings is 1. The Morgan fingerprint density at radius 1 is 1.37 bits per heavy atom. The van der Waals surface area contributed by atoms with Crippen molar-refractivity contribution in [1.82, 2.24) is 14.8 Å². The Morgan fingerprint density at radius 3 is 2.84 bits per heavy atom. The number of pyridine rings is 1. The summed E-state index contributed by atoms with van der Waals surface area (Å²) in [5, 5.41) is 3.59. The molecule has 1 unspecified atom stereocenters. The van der Waals surface area contributed by atoms with Gasteiger partial charge in [-0.15, -0.1) is 0 Å². The molecule has 106 valence electrons. The molecule has 0 amide bonds. The number of aromatic nitrogens is 1. The lowest BCUT2D eigenvalue weighted by atomic mass is 9.97. The molecule has 0 bridgehead atoms. The third-order valence-electron chi connectivity index (χ3n) is 3.93. The van der Waals surface area contributed by atoms with Gasteiger partial charge in [-0.3, -0.25) is 9.69 Å². The lowest BCUT2D eigenvalue weighted by Crippen LogP contribution is -2.61. The molecular formula is C15H25N3O. The molecular weight excluding hydrogens is 238 g/mol. The highest BCUT2D eigenvalue weighted by Crippen LogP contribution is 2.16. The lowest BCUT2D eigenvalue weighted by molar-refractivity contribution is 0.0889. The number of hydrogen-bond donors (Lipinski definition) is 1. The second kappa shape index (κ2) is 5.88. The van der Waals surface area contributed by atoms with Gasteiger partial charge in [0.05, 0.1) is 0 Å². The fourth-order valence-electron chi connectivity index (χ4n) is 2.76. The van der Waals surface area contributed by atoms with E-state index in [1.807, 2.05) is 12.3 Å². The van der Waals surface area contributed by atoms with Gasteiger partial charge in [0, 0.05) is 50.0 Å². The molecule has 19 heavy (non-hydrogen) atoms. The summed E-state index contributed by atoms with van der Waals surface area (Å²) in [4.78, 5) is 14.2. The largest absolute Gasteiger partial charge is 0.314 e. The maximum absolute atomic E-state index is 11.7. The van der Waals surface area contributed by atoms with Crippen LogP contribution in [0.2, 0.25) is 0 Å². The fraction of sp³-hybridized carbons (Fsp3) is 0.667. The second-order valence-corrected chi connectivity index (χ2v) is 6.03. The molecule has 4 heteroatoms. The van der Waals surface area contributed by atoms with E-state index in [0.717, 1.165) is 32.6 Å². The lowest BCUT2D eigenvalue weighted by Gasteiger charge is -2.44. The van der Waals surface area contributed by atoms with Crippen molar-refractivity contribution >= 4 is 0 Å². The van der Waals surface area contributed by atoms with Crippen molar-refractivity contribution in [3.8, 4) is 0 Å². The zero-order valence-electron chi connectivity index (χ0n) is 12.2. The molecule has 0 radical (unpaired) electrons. The molecule has 0 aromatic carbocycles. The summed E-state index contributed by atoms with van der Waals surface area (Å²) < 4.78 is 1.79. The van der Waals surface area contributed by atoms with Gasteiger partial charge in [-0.2, -0.15) is 0 Å². The van der Waals surface area contributed by atoms with Crippen LogP contribution in [0, 0.1) is 0 Å². The molecule has 0 spiro atoms. The molecule has 0 saturated carbocycles. The molecule has 0 aliphatic carbocycles. The molecule has 1 aliphatic heterocycles. The minimum atomic E-state index is 0.0879. The van der Waals surface area contributed by atoms with Gasteiger partial charge in [0.15, 0.2) is 0 Å². The first-order chi connectivity index (χ1) is 9.02. The van der Waals surface area contributed by atoms with Crippen molar-refractivity contribution in [2.24, 2.45) is 0 Å². The summed E-state index contributed by atoms with van der Waals surface area (Å²) in [6.45, 7) is 10.5. The zero-order valence-corrected chi connectivity index (χ0v) is 12.2. The average Bonchev–Trinajstić information content (AvgIpc) is 2.37. The minimum Gasteiger partial charge on any atom is -0.314 e. The Balaban J connectivity index is 2.00. The quantitative estimate of drug-likeness (QED) is 0.890. The van der Waals surface area contributed by atoms with Crippen molar-refractivity contribution in [2.45, 2.75) is 45.3 Å². The molecule has 4 nitrogen and oxygen atoms in total. The van der Waals surface area contributed by atoms with Gasteiger partial charge in [-0.1, -0.05) is 13.0 Å². The van der Waals surface area contributed by atoms with E-state index < -0.39 is 0 Å². The van der Waals surface area contributed by atoms with E-state index in [1.165, 1.54) is 0 Å². The third kappa shape index (κ3) is 3.67. The molecule has 1 N–H and O–H groups in total. The first kappa shape index (κ1) is 14.3. The van der Waals surface area contributed by atoms with Crippen LogP contribution in [-0.4, -0.2) is 40.7 Å². The van der Waals surface area contributed by atoms with Crippen LogP contribution in [0.5, 0.6) is 0 Å². The van der Waals surface area contributed by atoms with Gasteiger partial charge in [-0.05, 0) is 26.3 Å². The van der Waals surface area contributed by atoms with Crippen molar-refractivity contribution in [3.63, 3.8) is 0 Å². The van der Waals surface area contributed by atoms with Crippen LogP contribution < -0.4 is 10.9 Å². The predicted molar refractivity (Wildman–Crippen MR) is 78.4 cm³/mol. The van der Waals surface area contributed by atoms with Gasteiger partial charge in [-0.25, -0.2) is 0 Å². The van der Waals surface area contributed by atoms with E-state index in [9.17, 15) is 4.79 Å². The normalized spacial score (nSPS) is 23.4. The number of nitrogens with zero attached hydrogens (tertiary/aromatic N) is 2. The second-order valence-electron chi connectivity index (χ2n) is 6.03. The van der Waals surface area contributed by atoms with Gasteiger partial charge >= 0.3 is 0 Å². The van der Waals surface area contributed by atoms with Crippen LogP contribution in [0.1, 0.15) is 27.2 Å². The SMILES string of the molecule is CCC1CNC(C)(C)CN1CCn1ccccc1=O. The predicted octanol–water partition coefficient (Wildman–Crippen LogP) is 1.31. The minimum absolute atomic E-state index is 0.0879. The van der Waals surface area contributed by atoms with Crippen LogP contribution in [0.25, 0.3) is 0 Å². The molecule has 1 fully saturated rings. The Morgan fingerprint density at radius 2 is 2.16 bits per heavy atom. The van der Waals surface area contributed by atoms with E-state index >= 15 is 0 Å². The van der Waals surface area contributed by atoms with E-state index in [0.29, 0.717) is 6.04 Å². The van der Waals surface area contributed by atoms with Crippen molar-refractivity contribution in [1.29, 1.82) is 0 Å². The van der Waals surface area contributed by atoms with E-state index in [2.05, 4.69) is 31.0 Å². The van der Waals surface area contributed by atoms with Crippen LogP contribution in [0.4, 0.5) is 0 Å². The van der Waals surface area contributed by atoms with E-state index in [-0.39, 0.29) is 11.1 Å². The van der Waals surface area contributed by atoms with E-state index in [1.54, 1.807) is 16.7 Å². The monoisotopic (exact) mass is 263 g/mol. The maximum atomic E-state index is 11.7. The summed E-state index contributed by atoms with van der Waals surface area (Å²) in [5.41, 5.74) is 0.248. The van der Waals surface area contributed by atoms with Gasteiger partial charge in [0.1, 0.15) is 0 Å². The average molecular weight is 263 g/mol. The third-order valence-corrected chi connectivity index (χ3v) is 3.93. The van der Waals surface area contributed by atoms with Crippen LogP contribution >= 0.6 is 0 Å². The standard InChI is InChI=1S/C15H25N3O/c1-4-13-11-16-15(2,3)12-18(13)10-9-17-8-6-5-7-14(17)19/h5-8,13,16H,4,9-12H2,1-3H3. The maximum Gasteiger partial charge on any atom is 0.250 e. The summed E-state index contributed by atoms with van der Waals surface area (Å²) in [6.07, 6.45) is 3.02. The van der Waals surface area contributed by atoms with Crippen LogP contribution in [-0.2, 0) is 6.54 Å². The molecule has 1 aromatic heterocycles. The van der Waals surface area contributed by atoms with Crippen LogP contribution in [0.15, 0.2) is 29.2 Å². The highest BCUT2D eigenvalue weighted by molar-refractivity contribution is 4.95. The fourth-order valence-corrected chi connectivity index (χ4v) is 2.76. The number of hydrogen-bond acceptors (Lipinski definition) is 3. The van der Waals surface area contributed by atoms with Crippen molar-refractivity contribution < 1.29 is 0 Å². The van der Waals surface area contributed by atoms with Gasteiger partial charge < -0.3 is 9.88 Å². The highest BCUT2D eigenvalue weighted by Gasteiger charge is 2.31. The first-order valence-corrected chi connectivity index (χ1v) is 7.16. The summed E-state index contributed by atoms with van der Waals surface area (Å²) in [5.74, 6) is 0. The number of rotatable bonds is 4. The smallest absolute Gasteiger partial charge is 0.250 e. The van der Waals surface area contributed by atoms with Crippen molar-refractivity contribution in [2.75, 3.05) is 19.6 Å². The molecule has 2 heterocycles.